The molecule has 0 radical (unpaired) electrons. The van der Waals surface area contributed by atoms with Crippen LogP contribution in [0.4, 0.5) is 8.78 Å². The Balaban J connectivity index is 0.000000209. The first-order chi connectivity index (χ1) is 13.0. The van der Waals surface area contributed by atoms with Crippen molar-refractivity contribution in [3.63, 3.8) is 0 Å². The predicted molar refractivity (Wildman–Crippen MR) is 94.1 cm³/mol. The number of ketones is 2. The lowest BCUT2D eigenvalue weighted by atomic mass is 10.1. The van der Waals surface area contributed by atoms with Crippen LogP contribution in [0.15, 0.2) is 47.7 Å². The van der Waals surface area contributed by atoms with E-state index >= 15 is 0 Å². The first-order valence-corrected chi connectivity index (χ1v) is 8.22. The number of halogens is 2. The molecule has 2 aromatic heterocycles. The molecule has 0 saturated heterocycles. The zero-order valence-corrected chi connectivity index (χ0v) is 15.7. The van der Waals surface area contributed by atoms with Gasteiger partial charge in [0, 0.05) is 17.8 Å². The summed E-state index contributed by atoms with van der Waals surface area (Å²) in [5, 5.41) is 18.7. The second-order valence-corrected chi connectivity index (χ2v) is 6.33. The molecule has 8 heteroatoms. The number of nitrogens with zero attached hydrogens (tertiary/aromatic N) is 1. The van der Waals surface area contributed by atoms with Crippen molar-refractivity contribution in [1.82, 2.24) is 4.98 Å². The van der Waals surface area contributed by atoms with Crippen molar-refractivity contribution in [1.29, 1.82) is 0 Å². The minimum atomic E-state index is -1.96. The second kappa shape index (κ2) is 8.08. The number of pyridine rings is 2. The van der Waals surface area contributed by atoms with Gasteiger partial charge in [-0.25, -0.2) is 14.4 Å². The van der Waals surface area contributed by atoms with Crippen LogP contribution in [0.5, 0.6) is 0 Å². The predicted octanol–water partition coefficient (Wildman–Crippen LogP) is 2.22. The third kappa shape index (κ3) is 4.11. The van der Waals surface area contributed by atoms with Crippen molar-refractivity contribution in [2.75, 3.05) is 0 Å². The van der Waals surface area contributed by atoms with Gasteiger partial charge in [0.2, 0.25) is 23.1 Å². The van der Waals surface area contributed by atoms with Crippen LogP contribution in [0, 0.1) is 27.7 Å². The highest BCUT2D eigenvalue weighted by molar-refractivity contribution is 6.21. The zero-order chi connectivity index (χ0) is 21.2. The lowest BCUT2D eigenvalue weighted by Crippen LogP contribution is -2.27. The van der Waals surface area contributed by atoms with E-state index in [2.05, 4.69) is 49.8 Å². The van der Waals surface area contributed by atoms with E-state index in [0.29, 0.717) is 0 Å². The summed E-state index contributed by atoms with van der Waals surface area (Å²) in [7, 11) is 0. The molecule has 2 aromatic rings. The third-order valence-electron chi connectivity index (χ3n) is 4.30. The maximum atomic E-state index is 12.3. The van der Waals surface area contributed by atoms with Gasteiger partial charge in [-0.3, -0.25) is 9.59 Å². The number of aryl methyl sites for hydroxylation is 4. The molecule has 0 fully saturated rings. The van der Waals surface area contributed by atoms with Gasteiger partial charge in [0.1, 0.15) is 5.69 Å². The summed E-state index contributed by atoms with van der Waals surface area (Å²) in [5.41, 5.74) is 7.14. The molecule has 3 rings (SSSR count). The summed E-state index contributed by atoms with van der Waals surface area (Å²) in [6, 6.07) is 4.27. The van der Waals surface area contributed by atoms with Crippen LogP contribution in [0.3, 0.4) is 0 Å². The average molecular weight is 388 g/mol. The van der Waals surface area contributed by atoms with E-state index in [1.165, 1.54) is 22.3 Å². The molecular weight excluding hydrogens is 370 g/mol. The highest BCUT2D eigenvalue weighted by atomic mass is 19.1. The Morgan fingerprint density at radius 3 is 2.11 bits per heavy atom. The summed E-state index contributed by atoms with van der Waals surface area (Å²) >= 11 is 0. The van der Waals surface area contributed by atoms with Crippen LogP contribution < -0.4 is 10.1 Å². The van der Waals surface area contributed by atoms with Crippen molar-refractivity contribution in [2.45, 2.75) is 27.7 Å². The van der Waals surface area contributed by atoms with E-state index in [0.717, 1.165) is 11.4 Å². The quantitative estimate of drug-likeness (QED) is 0.755. The van der Waals surface area contributed by atoms with Crippen LogP contribution in [-0.2, 0) is 9.59 Å². The van der Waals surface area contributed by atoms with Gasteiger partial charge in [-0.2, -0.15) is 4.39 Å². The topological polar surface area (TPSA) is 104 Å². The number of carbonyl (C=O) groups excluding carboxylic acids is 2. The average Bonchev–Trinajstić information content (AvgIpc) is 2.68. The van der Waals surface area contributed by atoms with E-state index in [-0.39, 0.29) is 0 Å². The lowest BCUT2D eigenvalue weighted by molar-refractivity contribution is -0.365. The van der Waals surface area contributed by atoms with E-state index < -0.39 is 34.7 Å². The molecule has 0 spiro atoms. The Labute approximate surface area is 159 Å². The molecule has 1 aliphatic rings. The van der Waals surface area contributed by atoms with Gasteiger partial charge in [0.05, 0.1) is 0 Å². The molecule has 2 N–H and O–H groups in total. The van der Waals surface area contributed by atoms with Crippen LogP contribution in [-0.4, -0.2) is 21.7 Å². The summed E-state index contributed by atoms with van der Waals surface area (Å²) in [6.07, 6.45) is 3.95. The minimum absolute atomic E-state index is 1.01. The molecule has 1 aliphatic carbocycles. The molecule has 0 saturated carbocycles. The fraction of sp³-hybridized carbons (Fsp3) is 0.200. The summed E-state index contributed by atoms with van der Waals surface area (Å²) in [6.45, 7) is 8.41. The highest BCUT2D eigenvalue weighted by Crippen LogP contribution is 2.21. The van der Waals surface area contributed by atoms with E-state index in [1.807, 2.05) is 12.4 Å². The number of aliphatic hydroxyl groups excluding tert-OH is 1. The van der Waals surface area contributed by atoms with E-state index in [1.54, 1.807) is 0 Å². The van der Waals surface area contributed by atoms with Gasteiger partial charge in [0.15, 0.2) is 12.0 Å². The molecule has 0 aliphatic heterocycles. The highest BCUT2D eigenvalue weighted by Gasteiger charge is 2.31. The lowest BCUT2D eigenvalue weighted by Gasteiger charge is -2.14. The first kappa shape index (κ1) is 20.9. The Hall–Kier alpha value is -3.42. The Kier molecular flexibility index (Phi) is 6.03. The fourth-order valence-corrected chi connectivity index (χ4v) is 2.21. The largest absolute Gasteiger partial charge is 0.868 e. The molecule has 28 heavy (non-hydrogen) atoms. The molecule has 2 heterocycles. The second-order valence-electron chi connectivity index (χ2n) is 6.33. The number of hydrogen-bond acceptors (Lipinski definition) is 5. The number of allylic oxidation sites excluding steroid dienone is 2. The number of aromatic nitrogens is 2. The van der Waals surface area contributed by atoms with Gasteiger partial charge >= 0.3 is 0 Å². The number of aliphatic hydroxyl groups is 1. The van der Waals surface area contributed by atoms with Crippen LogP contribution >= 0.6 is 0 Å². The van der Waals surface area contributed by atoms with Gasteiger partial charge in [-0.1, -0.05) is 0 Å². The van der Waals surface area contributed by atoms with Crippen molar-refractivity contribution in [3.05, 3.63) is 70.0 Å². The number of carbonyl (C=O) groups is 2. The SMILES string of the molecule is Cc1cnc(-c2cc(C)c(C)c[nH+]2)cc1C.O=C1C(O)=C(F)C(=O)C([O-])=C1F. The Bertz CT molecular complexity index is 931. The molecule has 0 aromatic carbocycles. The standard InChI is InChI=1S/C14H16N2.C6H2F2O4/c1-9-5-13(15-7-11(9)3)14-6-10(2)12(4)8-16-14;7-1-3(9)5(11)2(8)6(12)4(1)10/h5-8H,1-4H3;9,12H. The van der Waals surface area contributed by atoms with Gasteiger partial charge in [0.25, 0.3) is 5.78 Å². The molecule has 0 unspecified atom stereocenters. The fourth-order valence-electron chi connectivity index (χ4n) is 2.21. The number of rotatable bonds is 1. The summed E-state index contributed by atoms with van der Waals surface area (Å²) < 4.78 is 24.6. The van der Waals surface area contributed by atoms with Crippen molar-refractivity contribution in [2.24, 2.45) is 0 Å². The minimum Gasteiger partial charge on any atom is -0.868 e. The molecule has 0 bridgehead atoms. The monoisotopic (exact) mass is 388 g/mol. The van der Waals surface area contributed by atoms with E-state index in [9.17, 15) is 23.5 Å². The molecular formula is C20H18F2N2O4. The third-order valence-corrected chi connectivity index (χ3v) is 4.30. The molecule has 6 nitrogen and oxygen atoms in total. The van der Waals surface area contributed by atoms with Crippen LogP contribution in [0.25, 0.3) is 11.4 Å². The van der Waals surface area contributed by atoms with Gasteiger partial charge in [-0.05, 0) is 56.2 Å². The number of hydrogen-bond donors (Lipinski definition) is 1. The zero-order valence-electron chi connectivity index (χ0n) is 15.7. The number of nitrogens with one attached hydrogen (secondary N) is 1. The Morgan fingerprint density at radius 1 is 0.929 bits per heavy atom. The normalized spacial score (nSPS) is 14.2. The van der Waals surface area contributed by atoms with Crippen LogP contribution in [0.2, 0.25) is 0 Å². The molecule has 0 atom stereocenters. The van der Waals surface area contributed by atoms with Gasteiger partial charge < -0.3 is 10.2 Å². The maximum absolute atomic E-state index is 12.3. The number of H-pyrrole nitrogens is 1. The van der Waals surface area contributed by atoms with E-state index in [4.69, 9.17) is 5.11 Å². The molecule has 0 amide bonds. The maximum Gasteiger partial charge on any atom is 0.258 e. The molecule has 146 valence electrons. The van der Waals surface area contributed by atoms with Crippen molar-refractivity contribution >= 4 is 11.6 Å². The summed E-state index contributed by atoms with van der Waals surface area (Å²) in [5.74, 6) is -11.0. The number of Topliss-reactive ketones (excluding diaryl/α,β-unsaturated/α-hetero) is 2. The smallest absolute Gasteiger partial charge is 0.258 e. The van der Waals surface area contributed by atoms with Gasteiger partial charge in [-0.15, -0.1) is 0 Å². The van der Waals surface area contributed by atoms with Crippen molar-refractivity contribution in [3.8, 4) is 11.4 Å². The first-order valence-electron chi connectivity index (χ1n) is 8.22. The Morgan fingerprint density at radius 2 is 1.54 bits per heavy atom. The number of aromatic amines is 1. The van der Waals surface area contributed by atoms with Crippen molar-refractivity contribution < 1.29 is 33.6 Å². The summed E-state index contributed by atoms with van der Waals surface area (Å²) in [4.78, 5) is 28.4. The van der Waals surface area contributed by atoms with Crippen LogP contribution in [0.1, 0.15) is 22.3 Å².